The summed E-state index contributed by atoms with van der Waals surface area (Å²) in [6.07, 6.45) is 5.02. The second-order valence-corrected chi connectivity index (χ2v) is 5.29. The van der Waals surface area contributed by atoms with Gasteiger partial charge in [0, 0.05) is 35.2 Å². The minimum absolute atomic E-state index is 0.173. The van der Waals surface area contributed by atoms with Crippen LogP contribution in [0.4, 0.5) is 0 Å². The van der Waals surface area contributed by atoms with Crippen LogP contribution in [0.3, 0.4) is 0 Å². The lowest BCUT2D eigenvalue weighted by Crippen LogP contribution is -2.35. The van der Waals surface area contributed by atoms with E-state index in [4.69, 9.17) is 0 Å². The van der Waals surface area contributed by atoms with Crippen LogP contribution in [-0.2, 0) is 11.3 Å². The molecular formula is C16H18N2O2. The third kappa shape index (κ3) is 2.33. The van der Waals surface area contributed by atoms with Crippen molar-refractivity contribution in [2.75, 3.05) is 6.54 Å². The molecule has 1 aliphatic carbocycles. The van der Waals surface area contributed by atoms with Crippen LogP contribution in [0.15, 0.2) is 30.5 Å². The van der Waals surface area contributed by atoms with Crippen LogP contribution in [0.5, 0.6) is 0 Å². The Morgan fingerprint density at radius 3 is 2.85 bits per heavy atom. The number of likely N-dealkylation sites (N-methyl/N-ethyl adjacent to an activating group) is 1. The van der Waals surface area contributed by atoms with Gasteiger partial charge in [0.1, 0.15) is 12.8 Å². The molecular weight excluding hydrogens is 252 g/mol. The smallest absolute Gasteiger partial charge is 0.242 e. The number of benzene rings is 1. The van der Waals surface area contributed by atoms with Gasteiger partial charge in [-0.05, 0) is 44.0 Å². The molecule has 20 heavy (non-hydrogen) atoms. The number of fused-ring (bicyclic) bond motifs is 1. The fourth-order valence-corrected chi connectivity index (χ4v) is 2.69. The zero-order chi connectivity index (χ0) is 14.1. The number of carbonyl (C=O) groups is 2. The highest BCUT2D eigenvalue weighted by atomic mass is 16.2. The summed E-state index contributed by atoms with van der Waals surface area (Å²) in [6.45, 7) is 3.17. The average molecular weight is 270 g/mol. The van der Waals surface area contributed by atoms with Crippen molar-refractivity contribution in [1.29, 1.82) is 0 Å². The molecule has 1 heterocycles. The maximum absolute atomic E-state index is 12.3. The van der Waals surface area contributed by atoms with Gasteiger partial charge in [-0.1, -0.05) is 0 Å². The first-order chi connectivity index (χ1) is 9.72. The van der Waals surface area contributed by atoms with E-state index in [1.54, 1.807) is 6.07 Å². The topological polar surface area (TPSA) is 42.3 Å². The fraction of sp³-hybridized carbons (Fsp3) is 0.375. The predicted molar refractivity (Wildman–Crippen MR) is 77.7 cm³/mol. The van der Waals surface area contributed by atoms with Gasteiger partial charge in [0.15, 0.2) is 0 Å². The van der Waals surface area contributed by atoms with Crippen molar-refractivity contribution < 1.29 is 9.59 Å². The Morgan fingerprint density at radius 2 is 2.20 bits per heavy atom. The molecule has 0 saturated heterocycles. The maximum atomic E-state index is 12.3. The molecule has 1 aromatic heterocycles. The molecule has 1 saturated carbocycles. The zero-order valence-corrected chi connectivity index (χ0v) is 11.6. The van der Waals surface area contributed by atoms with Crippen molar-refractivity contribution in [2.24, 2.45) is 0 Å². The summed E-state index contributed by atoms with van der Waals surface area (Å²) in [6, 6.07) is 7.94. The van der Waals surface area contributed by atoms with Crippen molar-refractivity contribution in [3.8, 4) is 0 Å². The summed E-state index contributed by atoms with van der Waals surface area (Å²) in [5, 5.41) is 0.997. The van der Waals surface area contributed by atoms with Crippen LogP contribution < -0.4 is 0 Å². The Balaban J connectivity index is 1.83. The van der Waals surface area contributed by atoms with E-state index in [-0.39, 0.29) is 5.91 Å². The molecule has 1 fully saturated rings. The van der Waals surface area contributed by atoms with Gasteiger partial charge < -0.3 is 9.47 Å². The molecule has 0 bridgehead atoms. The number of rotatable bonds is 5. The molecule has 4 nitrogen and oxygen atoms in total. The largest absolute Gasteiger partial charge is 0.338 e. The van der Waals surface area contributed by atoms with Crippen molar-refractivity contribution in [3.63, 3.8) is 0 Å². The van der Waals surface area contributed by atoms with Gasteiger partial charge in [-0.2, -0.15) is 0 Å². The number of hydrogen-bond acceptors (Lipinski definition) is 2. The summed E-state index contributed by atoms with van der Waals surface area (Å²) >= 11 is 0. The molecule has 1 aliphatic rings. The molecule has 3 rings (SSSR count). The fourth-order valence-electron chi connectivity index (χ4n) is 2.69. The SMILES string of the molecule is CCN(C(=O)Cn1ccc2cc(C=O)ccc21)C1CC1. The van der Waals surface area contributed by atoms with Crippen LogP contribution >= 0.6 is 0 Å². The third-order valence-electron chi connectivity index (χ3n) is 3.89. The monoisotopic (exact) mass is 270 g/mol. The van der Waals surface area contributed by atoms with Crippen LogP contribution in [0.2, 0.25) is 0 Å². The lowest BCUT2D eigenvalue weighted by Gasteiger charge is -2.20. The highest BCUT2D eigenvalue weighted by molar-refractivity contribution is 5.88. The number of carbonyl (C=O) groups excluding carboxylic acids is 2. The van der Waals surface area contributed by atoms with E-state index in [0.717, 1.165) is 36.6 Å². The molecule has 104 valence electrons. The van der Waals surface area contributed by atoms with Crippen molar-refractivity contribution in [3.05, 3.63) is 36.0 Å². The highest BCUT2D eigenvalue weighted by Crippen LogP contribution is 2.27. The van der Waals surface area contributed by atoms with E-state index in [1.807, 2.05) is 40.8 Å². The van der Waals surface area contributed by atoms with E-state index in [0.29, 0.717) is 18.2 Å². The Kier molecular flexibility index (Phi) is 3.30. The molecule has 0 aliphatic heterocycles. The lowest BCUT2D eigenvalue weighted by molar-refractivity contribution is -0.132. The molecule has 1 amide bonds. The van der Waals surface area contributed by atoms with Gasteiger partial charge in [0.05, 0.1) is 0 Å². The first-order valence-corrected chi connectivity index (χ1v) is 7.06. The van der Waals surface area contributed by atoms with Gasteiger partial charge in [0.25, 0.3) is 0 Å². The van der Waals surface area contributed by atoms with E-state index in [2.05, 4.69) is 0 Å². The van der Waals surface area contributed by atoms with Gasteiger partial charge in [-0.25, -0.2) is 0 Å². The number of aromatic nitrogens is 1. The first-order valence-electron chi connectivity index (χ1n) is 7.06. The average Bonchev–Trinajstić information content (AvgIpc) is 3.21. The predicted octanol–water partition coefficient (Wildman–Crippen LogP) is 2.46. The Morgan fingerprint density at radius 1 is 1.40 bits per heavy atom. The van der Waals surface area contributed by atoms with Crippen LogP contribution in [0, 0.1) is 0 Å². The van der Waals surface area contributed by atoms with E-state index in [9.17, 15) is 9.59 Å². The molecule has 0 spiro atoms. The molecule has 0 atom stereocenters. The molecule has 0 radical (unpaired) electrons. The van der Waals surface area contributed by atoms with Crippen molar-refractivity contribution >= 4 is 23.1 Å². The summed E-state index contributed by atoms with van der Waals surface area (Å²) in [5.41, 5.74) is 1.66. The maximum Gasteiger partial charge on any atom is 0.242 e. The molecule has 0 unspecified atom stereocenters. The molecule has 4 heteroatoms. The minimum atomic E-state index is 0.173. The van der Waals surface area contributed by atoms with Gasteiger partial charge >= 0.3 is 0 Å². The van der Waals surface area contributed by atoms with E-state index < -0.39 is 0 Å². The summed E-state index contributed by atoms with van der Waals surface area (Å²) in [7, 11) is 0. The van der Waals surface area contributed by atoms with E-state index in [1.165, 1.54) is 0 Å². The molecule has 2 aromatic rings. The molecule has 1 aromatic carbocycles. The Labute approximate surface area is 118 Å². The second kappa shape index (κ2) is 5.12. The van der Waals surface area contributed by atoms with Gasteiger partial charge in [-0.3, -0.25) is 9.59 Å². The van der Waals surface area contributed by atoms with Crippen molar-refractivity contribution in [1.82, 2.24) is 9.47 Å². The Hall–Kier alpha value is -2.10. The van der Waals surface area contributed by atoms with Crippen LogP contribution in [0.25, 0.3) is 10.9 Å². The van der Waals surface area contributed by atoms with Crippen LogP contribution in [-0.4, -0.2) is 34.2 Å². The number of amides is 1. The number of nitrogens with zero attached hydrogens (tertiary/aromatic N) is 2. The van der Waals surface area contributed by atoms with Gasteiger partial charge in [0.2, 0.25) is 5.91 Å². The first kappa shape index (κ1) is 12.9. The second-order valence-electron chi connectivity index (χ2n) is 5.29. The standard InChI is InChI=1S/C16H18N2O2/c1-2-18(14-4-5-14)16(20)10-17-8-7-13-9-12(11-19)3-6-15(13)17/h3,6-9,11,14H,2,4-5,10H2,1H3. The number of hydrogen-bond donors (Lipinski definition) is 0. The number of aldehydes is 1. The third-order valence-corrected chi connectivity index (χ3v) is 3.89. The normalized spacial score (nSPS) is 14.4. The van der Waals surface area contributed by atoms with E-state index >= 15 is 0 Å². The quantitative estimate of drug-likeness (QED) is 0.783. The lowest BCUT2D eigenvalue weighted by atomic mass is 10.2. The summed E-state index contributed by atoms with van der Waals surface area (Å²) in [5.74, 6) is 0.173. The zero-order valence-electron chi connectivity index (χ0n) is 11.6. The summed E-state index contributed by atoms with van der Waals surface area (Å²) < 4.78 is 1.96. The minimum Gasteiger partial charge on any atom is -0.338 e. The Bertz CT molecular complexity index is 656. The van der Waals surface area contributed by atoms with Crippen LogP contribution in [0.1, 0.15) is 30.1 Å². The van der Waals surface area contributed by atoms with Crippen molar-refractivity contribution in [2.45, 2.75) is 32.4 Å². The van der Waals surface area contributed by atoms with Gasteiger partial charge in [-0.15, -0.1) is 0 Å². The summed E-state index contributed by atoms with van der Waals surface area (Å²) in [4.78, 5) is 25.1. The molecule has 0 N–H and O–H groups in total. The highest BCUT2D eigenvalue weighted by Gasteiger charge is 2.31.